The van der Waals surface area contributed by atoms with E-state index < -0.39 is 0 Å². The summed E-state index contributed by atoms with van der Waals surface area (Å²) in [7, 11) is 0. The van der Waals surface area contributed by atoms with Gasteiger partial charge in [-0.1, -0.05) is 12.1 Å². The van der Waals surface area contributed by atoms with Crippen LogP contribution < -0.4 is 4.74 Å². The van der Waals surface area contributed by atoms with Gasteiger partial charge in [0.05, 0.1) is 18.4 Å². The molecule has 3 rings (SSSR count). The standard InChI is InChI=1S/C17H18N2O2/c18-12-14-4-1-2-6-17(14)21-11-9-19(15-7-8-15)13-16-5-3-10-20-16/h1-6,10,15H,7-9,11,13H2. The van der Waals surface area contributed by atoms with Crippen LogP contribution in [0, 0.1) is 11.3 Å². The van der Waals surface area contributed by atoms with Crippen LogP contribution in [0.25, 0.3) is 0 Å². The van der Waals surface area contributed by atoms with Crippen molar-refractivity contribution in [3.63, 3.8) is 0 Å². The highest BCUT2D eigenvalue weighted by Crippen LogP contribution is 2.28. The molecule has 2 aromatic rings. The van der Waals surface area contributed by atoms with Crippen LogP contribution in [-0.4, -0.2) is 24.1 Å². The third-order valence-electron chi connectivity index (χ3n) is 3.65. The van der Waals surface area contributed by atoms with Crippen molar-refractivity contribution in [2.45, 2.75) is 25.4 Å². The highest BCUT2D eigenvalue weighted by atomic mass is 16.5. The fourth-order valence-corrected chi connectivity index (χ4v) is 2.39. The van der Waals surface area contributed by atoms with E-state index in [2.05, 4.69) is 11.0 Å². The lowest BCUT2D eigenvalue weighted by Crippen LogP contribution is -2.30. The van der Waals surface area contributed by atoms with Gasteiger partial charge in [-0.2, -0.15) is 5.26 Å². The first-order chi connectivity index (χ1) is 10.4. The molecule has 0 spiro atoms. The lowest BCUT2D eigenvalue weighted by Gasteiger charge is -2.21. The predicted molar refractivity (Wildman–Crippen MR) is 78.8 cm³/mol. The summed E-state index contributed by atoms with van der Waals surface area (Å²) < 4.78 is 11.2. The number of nitrogens with zero attached hydrogens (tertiary/aromatic N) is 2. The molecule has 1 aliphatic rings. The molecule has 0 N–H and O–H groups in total. The van der Waals surface area contributed by atoms with Gasteiger partial charge < -0.3 is 9.15 Å². The Bertz CT molecular complexity index is 612. The van der Waals surface area contributed by atoms with Crippen LogP contribution >= 0.6 is 0 Å². The maximum absolute atomic E-state index is 9.04. The molecule has 1 heterocycles. The lowest BCUT2D eigenvalue weighted by atomic mass is 10.2. The monoisotopic (exact) mass is 282 g/mol. The quantitative estimate of drug-likeness (QED) is 0.782. The molecule has 4 nitrogen and oxygen atoms in total. The van der Waals surface area contributed by atoms with Crippen LogP contribution in [0.15, 0.2) is 47.1 Å². The van der Waals surface area contributed by atoms with Crippen molar-refractivity contribution in [2.75, 3.05) is 13.2 Å². The number of hydrogen-bond donors (Lipinski definition) is 0. The SMILES string of the molecule is N#Cc1ccccc1OCCN(Cc1ccco1)C1CC1. The number of nitriles is 1. The van der Waals surface area contributed by atoms with E-state index in [0.29, 0.717) is 24.0 Å². The molecule has 0 aliphatic heterocycles. The number of ether oxygens (including phenoxy) is 1. The fourth-order valence-electron chi connectivity index (χ4n) is 2.39. The summed E-state index contributed by atoms with van der Waals surface area (Å²) in [6, 6.07) is 14.1. The number of rotatable bonds is 7. The van der Waals surface area contributed by atoms with E-state index in [4.69, 9.17) is 14.4 Å². The number of para-hydroxylation sites is 1. The molecule has 1 aromatic carbocycles. The van der Waals surface area contributed by atoms with Gasteiger partial charge in [0.25, 0.3) is 0 Å². The van der Waals surface area contributed by atoms with Gasteiger partial charge >= 0.3 is 0 Å². The van der Waals surface area contributed by atoms with E-state index in [1.807, 2.05) is 30.3 Å². The molecule has 21 heavy (non-hydrogen) atoms. The van der Waals surface area contributed by atoms with E-state index in [-0.39, 0.29) is 0 Å². The molecule has 0 amide bonds. The van der Waals surface area contributed by atoms with E-state index >= 15 is 0 Å². The Balaban J connectivity index is 1.54. The van der Waals surface area contributed by atoms with E-state index in [9.17, 15) is 0 Å². The Morgan fingerprint density at radius 3 is 2.81 bits per heavy atom. The van der Waals surface area contributed by atoms with Crippen LogP contribution in [0.3, 0.4) is 0 Å². The maximum atomic E-state index is 9.04. The maximum Gasteiger partial charge on any atom is 0.137 e. The minimum absolute atomic E-state index is 0.579. The average molecular weight is 282 g/mol. The molecule has 1 fully saturated rings. The molecule has 0 unspecified atom stereocenters. The zero-order valence-corrected chi connectivity index (χ0v) is 11.9. The molecule has 0 radical (unpaired) electrons. The van der Waals surface area contributed by atoms with Crippen molar-refractivity contribution in [3.05, 3.63) is 54.0 Å². The first-order valence-electron chi connectivity index (χ1n) is 7.25. The van der Waals surface area contributed by atoms with Gasteiger partial charge in [0.15, 0.2) is 0 Å². The van der Waals surface area contributed by atoms with E-state index in [1.165, 1.54) is 12.8 Å². The summed E-state index contributed by atoms with van der Waals surface area (Å²) in [5, 5.41) is 9.04. The fraction of sp³-hybridized carbons (Fsp3) is 0.353. The van der Waals surface area contributed by atoms with Gasteiger partial charge in [0.1, 0.15) is 24.2 Å². The van der Waals surface area contributed by atoms with Crippen LogP contribution in [0.5, 0.6) is 5.75 Å². The highest BCUT2D eigenvalue weighted by molar-refractivity contribution is 5.42. The van der Waals surface area contributed by atoms with E-state index in [1.54, 1.807) is 12.3 Å². The molecule has 4 heteroatoms. The molecule has 0 atom stereocenters. The zero-order valence-electron chi connectivity index (χ0n) is 11.9. The first-order valence-corrected chi connectivity index (χ1v) is 7.25. The highest BCUT2D eigenvalue weighted by Gasteiger charge is 2.29. The van der Waals surface area contributed by atoms with Crippen LogP contribution in [-0.2, 0) is 6.54 Å². The van der Waals surface area contributed by atoms with Crippen LogP contribution in [0.1, 0.15) is 24.2 Å². The van der Waals surface area contributed by atoms with E-state index in [0.717, 1.165) is 18.8 Å². The second-order valence-corrected chi connectivity index (χ2v) is 5.24. The lowest BCUT2D eigenvalue weighted by molar-refractivity contribution is 0.184. The average Bonchev–Trinajstić information content (AvgIpc) is 3.24. The van der Waals surface area contributed by atoms with Gasteiger partial charge in [-0.05, 0) is 37.1 Å². The minimum atomic E-state index is 0.579. The molecular formula is C17H18N2O2. The van der Waals surface area contributed by atoms with Crippen molar-refractivity contribution < 1.29 is 9.15 Å². The predicted octanol–water partition coefficient (Wildman–Crippen LogP) is 3.19. The van der Waals surface area contributed by atoms with Gasteiger partial charge in [0, 0.05) is 12.6 Å². The van der Waals surface area contributed by atoms with Crippen molar-refractivity contribution in [1.29, 1.82) is 5.26 Å². The third kappa shape index (κ3) is 3.65. The normalized spacial score (nSPS) is 14.1. The molecule has 108 valence electrons. The summed E-state index contributed by atoms with van der Waals surface area (Å²) in [6.45, 7) is 2.24. The third-order valence-corrected chi connectivity index (χ3v) is 3.65. The van der Waals surface area contributed by atoms with Gasteiger partial charge in [-0.15, -0.1) is 0 Å². The van der Waals surface area contributed by atoms with Gasteiger partial charge in [-0.3, -0.25) is 4.90 Å². The van der Waals surface area contributed by atoms with Crippen LogP contribution in [0.4, 0.5) is 0 Å². The molecule has 1 saturated carbocycles. The minimum Gasteiger partial charge on any atom is -0.491 e. The molecule has 1 aliphatic carbocycles. The number of hydrogen-bond acceptors (Lipinski definition) is 4. The van der Waals surface area contributed by atoms with Gasteiger partial charge in [-0.25, -0.2) is 0 Å². The second kappa shape index (κ2) is 6.47. The van der Waals surface area contributed by atoms with Gasteiger partial charge in [0.2, 0.25) is 0 Å². The Kier molecular flexibility index (Phi) is 4.23. The Morgan fingerprint density at radius 1 is 1.24 bits per heavy atom. The summed E-state index contributed by atoms with van der Waals surface area (Å²) in [5.41, 5.74) is 0.585. The Labute approximate surface area is 124 Å². The smallest absolute Gasteiger partial charge is 0.137 e. The Morgan fingerprint density at radius 2 is 2.10 bits per heavy atom. The summed E-state index contributed by atoms with van der Waals surface area (Å²) in [5.74, 6) is 1.65. The zero-order chi connectivity index (χ0) is 14.5. The largest absolute Gasteiger partial charge is 0.491 e. The van der Waals surface area contributed by atoms with Crippen molar-refractivity contribution in [3.8, 4) is 11.8 Å². The van der Waals surface area contributed by atoms with Crippen molar-refractivity contribution >= 4 is 0 Å². The summed E-state index contributed by atoms with van der Waals surface area (Å²) in [6.07, 6.45) is 4.20. The first kappa shape index (κ1) is 13.7. The number of furan rings is 1. The van der Waals surface area contributed by atoms with Crippen molar-refractivity contribution in [1.82, 2.24) is 4.90 Å². The molecule has 0 saturated heterocycles. The molecular weight excluding hydrogens is 264 g/mol. The second-order valence-electron chi connectivity index (χ2n) is 5.24. The Hall–Kier alpha value is -2.25. The summed E-state index contributed by atoms with van der Waals surface area (Å²) >= 11 is 0. The van der Waals surface area contributed by atoms with Crippen LogP contribution in [0.2, 0.25) is 0 Å². The molecule has 1 aromatic heterocycles. The molecule has 0 bridgehead atoms. The number of benzene rings is 1. The topological polar surface area (TPSA) is 49.4 Å². The summed E-state index contributed by atoms with van der Waals surface area (Å²) in [4.78, 5) is 2.38. The van der Waals surface area contributed by atoms with Crippen molar-refractivity contribution in [2.24, 2.45) is 0 Å².